The molecule has 2 aliphatic rings. The van der Waals surface area contributed by atoms with E-state index in [1.807, 2.05) is 35.3 Å². The van der Waals surface area contributed by atoms with Gasteiger partial charge < -0.3 is 9.84 Å². The molecule has 3 aromatic rings. The number of rotatable bonds is 4. The minimum Gasteiger partial charge on any atom is -0.387 e. The summed E-state index contributed by atoms with van der Waals surface area (Å²) in [5.74, 6) is 1.34. The maximum Gasteiger partial charge on any atom is 0.153 e. The van der Waals surface area contributed by atoms with Gasteiger partial charge in [-0.25, -0.2) is 9.67 Å². The molecular formula is C25H31N3O2. The van der Waals surface area contributed by atoms with Crippen LogP contribution in [0.5, 0.6) is 0 Å². The zero-order valence-corrected chi connectivity index (χ0v) is 18.0. The highest BCUT2D eigenvalue weighted by Gasteiger charge is 2.49. The lowest BCUT2D eigenvalue weighted by atomic mass is 9.57. The van der Waals surface area contributed by atoms with Crippen LogP contribution in [-0.4, -0.2) is 39.2 Å². The molecule has 5 heteroatoms. The third-order valence-electron chi connectivity index (χ3n) is 7.68. The van der Waals surface area contributed by atoms with E-state index < -0.39 is 5.60 Å². The van der Waals surface area contributed by atoms with Crippen LogP contribution in [0.25, 0.3) is 16.7 Å². The fourth-order valence-corrected chi connectivity index (χ4v) is 6.19. The standard InChI is InChI=1S/C25H31N3O2/c1-3-25-11-10-24(29,17-30-2)15-20(25)8-6-7-18-14-22-19(13-21(18)25)16-27-28(22)23-9-4-5-12-26-23/h4-5,9,12-14,16,20,29H,3,6-8,10-11,15,17H2,1-2H3/t20-,24+,25+/m1/s1. The fourth-order valence-electron chi connectivity index (χ4n) is 6.19. The van der Waals surface area contributed by atoms with Gasteiger partial charge >= 0.3 is 0 Å². The SMILES string of the molecule is CC[C@]12CC[C@@](O)(COC)C[C@H]1CCCc1cc3c(cnn3-c3ccccn3)cc12. The molecule has 158 valence electrons. The van der Waals surface area contributed by atoms with Crippen LogP contribution >= 0.6 is 0 Å². The first kappa shape index (κ1) is 19.7. The Morgan fingerprint density at radius 3 is 2.93 bits per heavy atom. The monoisotopic (exact) mass is 405 g/mol. The third-order valence-corrected chi connectivity index (χ3v) is 7.68. The number of aryl methyl sites for hydroxylation is 1. The molecule has 3 atom stereocenters. The molecular weight excluding hydrogens is 374 g/mol. The van der Waals surface area contributed by atoms with E-state index in [0.29, 0.717) is 12.5 Å². The van der Waals surface area contributed by atoms with Crippen LogP contribution in [0.15, 0.2) is 42.7 Å². The minimum absolute atomic E-state index is 0.132. The molecule has 0 saturated heterocycles. The summed E-state index contributed by atoms with van der Waals surface area (Å²) in [4.78, 5) is 4.49. The minimum atomic E-state index is -0.684. The van der Waals surface area contributed by atoms with Crippen molar-refractivity contribution in [3.63, 3.8) is 0 Å². The Morgan fingerprint density at radius 2 is 2.17 bits per heavy atom. The van der Waals surface area contributed by atoms with Gasteiger partial charge in [-0.05, 0) is 91.7 Å². The third kappa shape index (κ3) is 3.07. The number of pyridine rings is 1. The van der Waals surface area contributed by atoms with Gasteiger partial charge in [0.15, 0.2) is 5.82 Å². The molecule has 2 heterocycles. The second kappa shape index (κ2) is 7.47. The normalized spacial score (nSPS) is 28.7. The van der Waals surface area contributed by atoms with Gasteiger partial charge in [-0.1, -0.05) is 13.0 Å². The van der Waals surface area contributed by atoms with Crippen LogP contribution in [0.3, 0.4) is 0 Å². The Kier molecular flexibility index (Phi) is 4.91. The predicted molar refractivity (Wildman–Crippen MR) is 118 cm³/mol. The molecule has 30 heavy (non-hydrogen) atoms. The maximum absolute atomic E-state index is 11.1. The molecule has 1 saturated carbocycles. The molecule has 2 aliphatic carbocycles. The summed E-state index contributed by atoms with van der Waals surface area (Å²) in [6, 6.07) is 10.7. The highest BCUT2D eigenvalue weighted by Crippen LogP contribution is 2.54. The van der Waals surface area contributed by atoms with E-state index in [0.717, 1.165) is 56.3 Å². The maximum atomic E-state index is 11.1. The van der Waals surface area contributed by atoms with Crippen molar-refractivity contribution >= 4 is 10.9 Å². The molecule has 5 nitrogen and oxygen atoms in total. The zero-order chi connectivity index (χ0) is 20.8. The van der Waals surface area contributed by atoms with Gasteiger partial charge in [-0.15, -0.1) is 0 Å². The van der Waals surface area contributed by atoms with Gasteiger partial charge in [0.25, 0.3) is 0 Å². The summed E-state index contributed by atoms with van der Waals surface area (Å²) in [6.45, 7) is 2.76. The average molecular weight is 406 g/mol. The quantitative estimate of drug-likeness (QED) is 0.690. The summed E-state index contributed by atoms with van der Waals surface area (Å²) >= 11 is 0. The zero-order valence-electron chi connectivity index (χ0n) is 18.0. The van der Waals surface area contributed by atoms with Gasteiger partial charge in [0.05, 0.1) is 23.9 Å². The van der Waals surface area contributed by atoms with Gasteiger partial charge in [0.1, 0.15) is 0 Å². The van der Waals surface area contributed by atoms with Crippen molar-refractivity contribution < 1.29 is 9.84 Å². The highest BCUT2D eigenvalue weighted by atomic mass is 16.5. The molecule has 1 fully saturated rings. The molecule has 2 aromatic heterocycles. The molecule has 0 spiro atoms. The first-order chi connectivity index (χ1) is 14.6. The molecule has 0 bridgehead atoms. The lowest BCUT2D eigenvalue weighted by Gasteiger charge is -2.50. The first-order valence-corrected chi connectivity index (χ1v) is 11.2. The Hall–Kier alpha value is -2.24. The molecule has 1 N–H and O–H groups in total. The number of aromatic nitrogens is 3. The second-order valence-electron chi connectivity index (χ2n) is 9.27. The Balaban J connectivity index is 1.61. The second-order valence-corrected chi connectivity index (χ2v) is 9.27. The van der Waals surface area contributed by atoms with Crippen molar-refractivity contribution in [1.29, 1.82) is 0 Å². The van der Waals surface area contributed by atoms with Crippen LogP contribution in [0.1, 0.15) is 56.6 Å². The smallest absolute Gasteiger partial charge is 0.153 e. The van der Waals surface area contributed by atoms with Gasteiger partial charge in [0, 0.05) is 18.7 Å². The molecule has 5 rings (SSSR count). The molecule has 0 unspecified atom stereocenters. The van der Waals surface area contributed by atoms with Crippen LogP contribution < -0.4 is 0 Å². The fraction of sp³-hybridized carbons (Fsp3) is 0.520. The van der Waals surface area contributed by atoms with Crippen LogP contribution in [-0.2, 0) is 16.6 Å². The lowest BCUT2D eigenvalue weighted by Crippen LogP contribution is -2.49. The molecule has 1 aromatic carbocycles. The van der Waals surface area contributed by atoms with E-state index in [-0.39, 0.29) is 5.41 Å². The van der Waals surface area contributed by atoms with Crippen molar-refractivity contribution in [3.8, 4) is 5.82 Å². The number of fused-ring (bicyclic) bond motifs is 4. The Bertz CT molecular complexity index is 1050. The van der Waals surface area contributed by atoms with Gasteiger partial charge in [0.2, 0.25) is 0 Å². The summed E-state index contributed by atoms with van der Waals surface area (Å²) in [5.41, 5.74) is 3.51. The number of nitrogens with zero attached hydrogens (tertiary/aromatic N) is 3. The van der Waals surface area contributed by atoms with E-state index in [2.05, 4.69) is 29.1 Å². The van der Waals surface area contributed by atoms with Crippen LogP contribution in [0.4, 0.5) is 0 Å². The molecule has 0 aliphatic heterocycles. The molecule has 0 radical (unpaired) electrons. The topological polar surface area (TPSA) is 60.2 Å². The molecule has 0 amide bonds. The van der Waals surface area contributed by atoms with Gasteiger partial charge in [-0.3, -0.25) is 0 Å². The Morgan fingerprint density at radius 1 is 1.27 bits per heavy atom. The van der Waals surface area contributed by atoms with E-state index in [4.69, 9.17) is 4.74 Å². The van der Waals surface area contributed by atoms with Gasteiger partial charge in [-0.2, -0.15) is 5.10 Å². The lowest BCUT2D eigenvalue weighted by molar-refractivity contribution is -0.0903. The first-order valence-electron chi connectivity index (χ1n) is 11.2. The highest BCUT2D eigenvalue weighted by molar-refractivity contribution is 5.82. The Labute approximate surface area is 178 Å². The number of hydrogen-bond donors (Lipinski definition) is 1. The van der Waals surface area contributed by atoms with Crippen molar-refractivity contribution in [2.24, 2.45) is 5.92 Å². The largest absolute Gasteiger partial charge is 0.387 e. The number of hydrogen-bond acceptors (Lipinski definition) is 4. The van der Waals surface area contributed by atoms with E-state index in [1.165, 1.54) is 16.5 Å². The van der Waals surface area contributed by atoms with Crippen LogP contribution in [0, 0.1) is 5.92 Å². The number of methoxy groups -OCH3 is 1. The summed E-state index contributed by atoms with van der Waals surface area (Å²) in [5, 5.41) is 16.9. The predicted octanol–water partition coefficient (Wildman–Crippen LogP) is 4.58. The number of ether oxygens (including phenoxy) is 1. The van der Waals surface area contributed by atoms with Crippen molar-refractivity contribution in [3.05, 3.63) is 53.9 Å². The van der Waals surface area contributed by atoms with Crippen LogP contribution in [0.2, 0.25) is 0 Å². The summed E-state index contributed by atoms with van der Waals surface area (Å²) < 4.78 is 7.32. The average Bonchev–Trinajstić information content (AvgIpc) is 3.10. The summed E-state index contributed by atoms with van der Waals surface area (Å²) in [6.07, 6.45) is 10.9. The number of benzene rings is 1. The van der Waals surface area contributed by atoms with E-state index >= 15 is 0 Å². The summed E-state index contributed by atoms with van der Waals surface area (Å²) in [7, 11) is 1.69. The van der Waals surface area contributed by atoms with Crippen molar-refractivity contribution in [1.82, 2.24) is 14.8 Å². The van der Waals surface area contributed by atoms with E-state index in [9.17, 15) is 5.11 Å². The van der Waals surface area contributed by atoms with E-state index in [1.54, 1.807) is 7.11 Å². The van der Waals surface area contributed by atoms with Crippen molar-refractivity contribution in [2.75, 3.05) is 13.7 Å². The number of aliphatic hydroxyl groups is 1. The van der Waals surface area contributed by atoms with Crippen molar-refractivity contribution in [2.45, 2.75) is 62.9 Å².